The molecule has 1 saturated heterocycles. The minimum Gasteiger partial charge on any atom is -0.481 e. The lowest BCUT2D eigenvalue weighted by Crippen LogP contribution is -2.46. The summed E-state index contributed by atoms with van der Waals surface area (Å²) in [7, 11) is 0. The molecule has 5 nitrogen and oxygen atoms in total. The molecule has 114 valence electrons. The van der Waals surface area contributed by atoms with Crippen LogP contribution in [0.3, 0.4) is 0 Å². The highest BCUT2D eigenvalue weighted by Gasteiger charge is 2.39. The molecular formula is C14H15BrClNO4. The fourth-order valence-electron chi connectivity index (χ4n) is 2.46. The van der Waals surface area contributed by atoms with Crippen molar-refractivity contribution in [3.8, 4) is 0 Å². The van der Waals surface area contributed by atoms with Crippen molar-refractivity contribution in [2.75, 3.05) is 19.8 Å². The summed E-state index contributed by atoms with van der Waals surface area (Å²) in [6.45, 7) is 2.58. The Balaban J connectivity index is 2.28. The summed E-state index contributed by atoms with van der Waals surface area (Å²) in [5.41, 5.74) is 0.423. The summed E-state index contributed by atoms with van der Waals surface area (Å²) in [5.74, 6) is -1.89. The molecule has 1 amide bonds. The lowest BCUT2D eigenvalue weighted by molar-refractivity contribution is -0.142. The van der Waals surface area contributed by atoms with Gasteiger partial charge in [-0.3, -0.25) is 9.59 Å². The molecule has 1 aliphatic heterocycles. The van der Waals surface area contributed by atoms with Crippen LogP contribution in [0.1, 0.15) is 17.3 Å². The molecule has 2 atom stereocenters. The van der Waals surface area contributed by atoms with Gasteiger partial charge in [-0.2, -0.15) is 0 Å². The van der Waals surface area contributed by atoms with E-state index in [2.05, 4.69) is 15.9 Å². The highest BCUT2D eigenvalue weighted by Crippen LogP contribution is 2.25. The van der Waals surface area contributed by atoms with Gasteiger partial charge in [-0.05, 0) is 25.1 Å². The van der Waals surface area contributed by atoms with E-state index in [1.165, 1.54) is 4.90 Å². The van der Waals surface area contributed by atoms with Gasteiger partial charge in [0.2, 0.25) is 0 Å². The van der Waals surface area contributed by atoms with E-state index in [1.54, 1.807) is 18.2 Å². The first-order valence-corrected chi connectivity index (χ1v) is 7.68. The number of carbonyl (C=O) groups is 2. The molecule has 0 radical (unpaired) electrons. The maximum atomic E-state index is 12.6. The molecule has 1 aliphatic rings. The van der Waals surface area contributed by atoms with E-state index in [0.717, 1.165) is 0 Å². The third-order valence-corrected chi connectivity index (χ3v) is 4.16. The second-order valence-corrected chi connectivity index (χ2v) is 6.15. The first kappa shape index (κ1) is 16.3. The number of aliphatic carboxylic acids is 1. The SMILES string of the molecule is CCN(C(=O)c1cc(Cl)cc(Br)c1)C1COCC1C(=O)O. The molecule has 1 heterocycles. The van der Waals surface area contributed by atoms with Gasteiger partial charge in [0.25, 0.3) is 5.91 Å². The number of rotatable bonds is 4. The van der Waals surface area contributed by atoms with Crippen LogP contribution in [-0.2, 0) is 9.53 Å². The minimum absolute atomic E-state index is 0.128. The summed E-state index contributed by atoms with van der Waals surface area (Å²) in [6.07, 6.45) is 0. The minimum atomic E-state index is -0.948. The van der Waals surface area contributed by atoms with Gasteiger partial charge in [0.15, 0.2) is 0 Å². The van der Waals surface area contributed by atoms with Crippen LogP contribution in [-0.4, -0.2) is 47.7 Å². The molecule has 7 heteroatoms. The first-order chi connectivity index (χ1) is 9.93. The predicted octanol–water partition coefficient (Wildman–Crippen LogP) is 2.66. The van der Waals surface area contributed by atoms with Crippen molar-refractivity contribution in [2.45, 2.75) is 13.0 Å². The number of amides is 1. The second kappa shape index (κ2) is 6.77. The van der Waals surface area contributed by atoms with E-state index in [0.29, 0.717) is 21.6 Å². The summed E-state index contributed by atoms with van der Waals surface area (Å²) < 4.78 is 5.94. The first-order valence-electron chi connectivity index (χ1n) is 6.51. The number of halogens is 2. The molecule has 2 rings (SSSR count). The third-order valence-electron chi connectivity index (χ3n) is 3.48. The number of carbonyl (C=O) groups excluding carboxylic acids is 1. The van der Waals surface area contributed by atoms with Crippen molar-refractivity contribution in [2.24, 2.45) is 5.92 Å². The number of hydrogen-bond acceptors (Lipinski definition) is 3. The molecule has 0 aliphatic carbocycles. The summed E-state index contributed by atoms with van der Waals surface area (Å²) >= 11 is 9.26. The number of hydrogen-bond donors (Lipinski definition) is 1. The lowest BCUT2D eigenvalue weighted by atomic mass is 10.0. The molecule has 1 N–H and O–H groups in total. The van der Waals surface area contributed by atoms with E-state index in [9.17, 15) is 14.7 Å². The number of carboxylic acids is 1. The Kier molecular flexibility index (Phi) is 5.24. The predicted molar refractivity (Wildman–Crippen MR) is 81.6 cm³/mol. The lowest BCUT2D eigenvalue weighted by Gasteiger charge is -2.29. The molecule has 1 fully saturated rings. The molecule has 0 aromatic heterocycles. The maximum Gasteiger partial charge on any atom is 0.311 e. The summed E-state index contributed by atoms with van der Waals surface area (Å²) in [4.78, 5) is 25.4. The van der Waals surface area contributed by atoms with Crippen LogP contribution in [0.15, 0.2) is 22.7 Å². The average Bonchev–Trinajstić information content (AvgIpc) is 2.87. The number of carboxylic acid groups (broad SMARTS) is 1. The van der Waals surface area contributed by atoms with Crippen LogP contribution in [0, 0.1) is 5.92 Å². The molecule has 0 bridgehead atoms. The monoisotopic (exact) mass is 375 g/mol. The van der Waals surface area contributed by atoms with Crippen LogP contribution < -0.4 is 0 Å². The van der Waals surface area contributed by atoms with Crippen molar-refractivity contribution in [3.05, 3.63) is 33.3 Å². The number of likely N-dealkylation sites (N-methyl/N-ethyl adjacent to an activating group) is 1. The standard InChI is InChI=1S/C14H15BrClNO4/c1-2-17(12-7-21-6-11(12)14(19)20)13(18)8-3-9(15)5-10(16)4-8/h3-5,11-12H,2,6-7H2,1H3,(H,19,20). The Morgan fingerprint density at radius 3 is 2.71 bits per heavy atom. The second-order valence-electron chi connectivity index (χ2n) is 4.80. The molecule has 1 aromatic rings. The van der Waals surface area contributed by atoms with Gasteiger partial charge in [0, 0.05) is 21.6 Å². The Morgan fingerprint density at radius 1 is 1.43 bits per heavy atom. The third kappa shape index (κ3) is 3.56. The van der Waals surface area contributed by atoms with Crippen LogP contribution in [0.25, 0.3) is 0 Å². The van der Waals surface area contributed by atoms with Crippen LogP contribution in [0.5, 0.6) is 0 Å². The fraction of sp³-hybridized carbons (Fsp3) is 0.429. The van der Waals surface area contributed by atoms with E-state index in [-0.39, 0.29) is 19.1 Å². The molecule has 21 heavy (non-hydrogen) atoms. The van der Waals surface area contributed by atoms with Crippen molar-refractivity contribution in [1.82, 2.24) is 4.90 Å². The van der Waals surface area contributed by atoms with E-state index < -0.39 is 17.9 Å². The Bertz CT molecular complexity index is 546. The van der Waals surface area contributed by atoms with Gasteiger partial charge in [-0.25, -0.2) is 0 Å². The van der Waals surface area contributed by atoms with Gasteiger partial charge in [-0.1, -0.05) is 27.5 Å². The highest BCUT2D eigenvalue weighted by molar-refractivity contribution is 9.10. The van der Waals surface area contributed by atoms with E-state index in [1.807, 2.05) is 6.92 Å². The van der Waals surface area contributed by atoms with Crippen molar-refractivity contribution in [1.29, 1.82) is 0 Å². The quantitative estimate of drug-likeness (QED) is 0.877. The zero-order valence-electron chi connectivity index (χ0n) is 11.4. The van der Waals surface area contributed by atoms with Gasteiger partial charge in [-0.15, -0.1) is 0 Å². The van der Waals surface area contributed by atoms with Gasteiger partial charge < -0.3 is 14.7 Å². The zero-order chi connectivity index (χ0) is 15.6. The zero-order valence-corrected chi connectivity index (χ0v) is 13.7. The molecule has 0 spiro atoms. The Hall–Kier alpha value is -1.11. The smallest absolute Gasteiger partial charge is 0.311 e. The number of benzene rings is 1. The van der Waals surface area contributed by atoms with Crippen LogP contribution >= 0.6 is 27.5 Å². The molecular weight excluding hydrogens is 362 g/mol. The topological polar surface area (TPSA) is 66.8 Å². The van der Waals surface area contributed by atoms with Gasteiger partial charge in [0.1, 0.15) is 5.92 Å². The normalized spacial score (nSPS) is 21.3. The number of ether oxygens (including phenoxy) is 1. The Labute approximate surface area is 136 Å². The largest absolute Gasteiger partial charge is 0.481 e. The maximum absolute atomic E-state index is 12.6. The summed E-state index contributed by atoms with van der Waals surface area (Å²) in [6, 6.07) is 4.47. The molecule has 2 unspecified atom stereocenters. The Morgan fingerprint density at radius 2 is 2.14 bits per heavy atom. The molecule has 0 saturated carbocycles. The fourth-order valence-corrected chi connectivity index (χ4v) is 3.32. The van der Waals surface area contributed by atoms with Gasteiger partial charge >= 0.3 is 5.97 Å². The van der Waals surface area contributed by atoms with E-state index in [4.69, 9.17) is 16.3 Å². The highest BCUT2D eigenvalue weighted by atomic mass is 79.9. The average molecular weight is 377 g/mol. The number of nitrogens with zero attached hydrogens (tertiary/aromatic N) is 1. The van der Waals surface area contributed by atoms with E-state index >= 15 is 0 Å². The van der Waals surface area contributed by atoms with Crippen LogP contribution in [0.4, 0.5) is 0 Å². The van der Waals surface area contributed by atoms with Crippen LogP contribution in [0.2, 0.25) is 5.02 Å². The molecule has 1 aromatic carbocycles. The van der Waals surface area contributed by atoms with Gasteiger partial charge in [0.05, 0.1) is 19.3 Å². The van der Waals surface area contributed by atoms with Crippen molar-refractivity contribution < 1.29 is 19.4 Å². The van der Waals surface area contributed by atoms with Crippen molar-refractivity contribution in [3.63, 3.8) is 0 Å². The van der Waals surface area contributed by atoms with Crippen molar-refractivity contribution >= 4 is 39.4 Å². The summed E-state index contributed by atoms with van der Waals surface area (Å²) in [5, 5.41) is 9.67.